The van der Waals surface area contributed by atoms with Gasteiger partial charge < -0.3 is 9.47 Å². The van der Waals surface area contributed by atoms with Gasteiger partial charge in [-0.15, -0.1) is 0 Å². The molecule has 0 aliphatic heterocycles. The van der Waals surface area contributed by atoms with Crippen LogP contribution in [0.4, 0.5) is 0 Å². The molecule has 0 radical (unpaired) electrons. The van der Waals surface area contributed by atoms with Crippen molar-refractivity contribution in [1.82, 2.24) is 0 Å². The van der Waals surface area contributed by atoms with Crippen LogP contribution in [0.2, 0.25) is 0 Å². The van der Waals surface area contributed by atoms with E-state index < -0.39 is 41.0 Å². The summed E-state index contributed by atoms with van der Waals surface area (Å²) < 4.78 is 42.0. The van der Waals surface area contributed by atoms with E-state index in [1.54, 1.807) is 24.6 Å². The minimum atomic E-state index is -4.73. The summed E-state index contributed by atoms with van der Waals surface area (Å²) in [6.07, 6.45) is 29.3. The van der Waals surface area contributed by atoms with E-state index in [1.165, 1.54) is 57.8 Å². The molecule has 0 aromatic heterocycles. The quantitative estimate of drug-likeness (QED) is 0.0348. The largest absolute Gasteiger partial charge is 0.466 e. The molecule has 270 valence electrons. The molecule has 0 bridgehead atoms. The van der Waals surface area contributed by atoms with Crippen molar-refractivity contribution < 1.29 is 32.0 Å². The Morgan fingerprint density at radius 1 is 0.533 bits per heavy atom. The predicted octanol–water partition coefficient (Wildman–Crippen LogP) is 10.6. The normalized spacial score (nSPS) is 12.3. The summed E-state index contributed by atoms with van der Waals surface area (Å²) >= 11 is 0. The number of hydrogen-bond acceptors (Lipinski definition) is 6. The molecule has 0 rings (SSSR count). The zero-order chi connectivity index (χ0) is 34.2. The topological polar surface area (TPSA) is 107 Å². The van der Waals surface area contributed by atoms with Gasteiger partial charge in [-0.1, -0.05) is 131 Å². The second-order valence-electron chi connectivity index (χ2n) is 12.8. The van der Waals surface area contributed by atoms with Gasteiger partial charge in [-0.25, -0.2) is 0 Å². The Hall–Kier alpha value is -0.720. The van der Waals surface area contributed by atoms with Crippen molar-refractivity contribution in [2.24, 2.45) is 0 Å². The van der Waals surface area contributed by atoms with Crippen LogP contribution in [0.5, 0.6) is 0 Å². The van der Waals surface area contributed by atoms with Crippen LogP contribution < -0.4 is 0 Å². The SMILES string of the molecule is CCCCCCCCOC(=O)CC(C(=O)OCCCCCCCC)S(=O)(=O)O.CCCC[P+](CCCC)(CCCC)CCCC. The van der Waals surface area contributed by atoms with E-state index in [0.717, 1.165) is 57.8 Å². The molecule has 1 unspecified atom stereocenters. The lowest BCUT2D eigenvalue weighted by Crippen LogP contribution is -2.34. The maximum atomic E-state index is 12.0. The van der Waals surface area contributed by atoms with Gasteiger partial charge in [0.1, 0.15) is 0 Å². The molecular formula is C36H74O7PS+. The van der Waals surface area contributed by atoms with Gasteiger partial charge in [-0.2, -0.15) is 8.42 Å². The van der Waals surface area contributed by atoms with Gasteiger partial charge in [0.2, 0.25) is 0 Å². The first-order chi connectivity index (χ1) is 21.6. The summed E-state index contributed by atoms with van der Waals surface area (Å²) in [4.78, 5) is 23.8. The summed E-state index contributed by atoms with van der Waals surface area (Å²) in [7, 11) is -5.30. The van der Waals surface area contributed by atoms with Crippen molar-refractivity contribution in [3.05, 3.63) is 0 Å². The standard InChI is InChI=1S/C20H38O7S.C16H36P/c1-3-5-7-9-11-13-15-26-19(21)17-18(28(23,24)25)20(22)27-16-14-12-10-8-6-4-2;1-5-9-13-17(14-10-6-2,15-11-7-3)16-12-8-4/h18H,3-17H2,1-2H3,(H,23,24,25);5-16H2,1-4H3/q;+1. The lowest BCUT2D eigenvalue weighted by Gasteiger charge is -2.28. The summed E-state index contributed by atoms with van der Waals surface area (Å²) in [5.41, 5.74) is 0. The first-order valence-corrected chi connectivity index (χ1v) is 22.7. The summed E-state index contributed by atoms with van der Waals surface area (Å²) in [5.74, 6) is -1.93. The fraction of sp³-hybridized carbons (Fsp3) is 0.944. The fourth-order valence-corrected chi connectivity index (χ4v) is 11.3. The van der Waals surface area contributed by atoms with Crippen molar-refractivity contribution in [2.45, 2.75) is 182 Å². The molecule has 0 amide bonds. The molecule has 1 N–H and O–H groups in total. The highest BCUT2D eigenvalue weighted by Gasteiger charge is 2.36. The van der Waals surface area contributed by atoms with Crippen LogP contribution in [0.1, 0.15) is 176 Å². The third kappa shape index (κ3) is 28.0. The molecule has 0 spiro atoms. The minimum absolute atomic E-state index is 0.0732. The lowest BCUT2D eigenvalue weighted by atomic mass is 10.1. The smallest absolute Gasteiger partial charge is 0.327 e. The Morgan fingerprint density at radius 3 is 1.22 bits per heavy atom. The van der Waals surface area contributed by atoms with E-state index in [0.29, 0.717) is 12.8 Å². The first kappa shape index (κ1) is 46.4. The third-order valence-electron chi connectivity index (χ3n) is 8.42. The Kier molecular flexibility index (Phi) is 32.8. The Morgan fingerprint density at radius 2 is 0.867 bits per heavy atom. The molecule has 0 aliphatic carbocycles. The number of carbonyl (C=O) groups excluding carboxylic acids is 2. The average Bonchev–Trinajstić information content (AvgIpc) is 3.01. The number of esters is 2. The highest BCUT2D eigenvalue weighted by Crippen LogP contribution is 2.61. The average molecular weight is 682 g/mol. The second kappa shape index (κ2) is 31.9. The molecule has 0 aromatic rings. The fourth-order valence-electron chi connectivity index (χ4n) is 5.38. The molecule has 0 saturated carbocycles. The van der Waals surface area contributed by atoms with Gasteiger partial charge >= 0.3 is 11.9 Å². The van der Waals surface area contributed by atoms with E-state index >= 15 is 0 Å². The van der Waals surface area contributed by atoms with Crippen LogP contribution in [0, 0.1) is 0 Å². The molecule has 45 heavy (non-hydrogen) atoms. The molecule has 0 saturated heterocycles. The Bertz CT molecular complexity index is 751. The molecule has 1 atom stereocenters. The van der Waals surface area contributed by atoms with Crippen molar-refractivity contribution in [3.8, 4) is 0 Å². The van der Waals surface area contributed by atoms with Crippen molar-refractivity contribution in [1.29, 1.82) is 0 Å². The lowest BCUT2D eigenvalue weighted by molar-refractivity contribution is -0.150. The number of hydrogen-bond donors (Lipinski definition) is 1. The monoisotopic (exact) mass is 681 g/mol. The molecule has 0 aromatic carbocycles. The van der Waals surface area contributed by atoms with Gasteiger partial charge in [0.15, 0.2) is 5.25 Å². The van der Waals surface area contributed by atoms with Crippen LogP contribution in [0.3, 0.4) is 0 Å². The number of unbranched alkanes of at least 4 members (excludes halogenated alkanes) is 14. The summed E-state index contributed by atoms with van der Waals surface area (Å²) in [5, 5.41) is -1.93. The zero-order valence-corrected chi connectivity index (χ0v) is 32.1. The van der Waals surface area contributed by atoms with E-state index in [4.69, 9.17) is 9.47 Å². The van der Waals surface area contributed by atoms with Gasteiger partial charge in [-0.05, 0) is 38.5 Å². The van der Waals surface area contributed by atoms with Gasteiger partial charge in [-0.3, -0.25) is 14.1 Å². The van der Waals surface area contributed by atoms with Crippen molar-refractivity contribution in [3.63, 3.8) is 0 Å². The maximum absolute atomic E-state index is 12.0. The van der Waals surface area contributed by atoms with Crippen molar-refractivity contribution >= 4 is 29.3 Å². The molecule has 9 heteroatoms. The predicted molar refractivity (Wildman–Crippen MR) is 195 cm³/mol. The maximum Gasteiger partial charge on any atom is 0.327 e. The Labute approximate surface area is 280 Å². The highest BCUT2D eigenvalue weighted by molar-refractivity contribution is 7.87. The molecule has 7 nitrogen and oxygen atoms in total. The van der Waals surface area contributed by atoms with Gasteiger partial charge in [0.05, 0.1) is 44.3 Å². The van der Waals surface area contributed by atoms with Crippen LogP contribution in [-0.4, -0.2) is 68.0 Å². The van der Waals surface area contributed by atoms with Crippen LogP contribution in [0.15, 0.2) is 0 Å². The van der Waals surface area contributed by atoms with E-state index in [2.05, 4.69) is 41.5 Å². The van der Waals surface area contributed by atoms with E-state index in [-0.39, 0.29) is 13.2 Å². The molecule has 0 fully saturated rings. The minimum Gasteiger partial charge on any atom is -0.466 e. The molecule has 0 aliphatic rings. The number of carbonyl (C=O) groups is 2. The van der Waals surface area contributed by atoms with Gasteiger partial charge in [0.25, 0.3) is 10.1 Å². The van der Waals surface area contributed by atoms with Crippen LogP contribution in [0.25, 0.3) is 0 Å². The molecule has 0 heterocycles. The van der Waals surface area contributed by atoms with E-state index in [1.807, 2.05) is 0 Å². The Balaban J connectivity index is 0. The number of rotatable bonds is 30. The zero-order valence-electron chi connectivity index (χ0n) is 30.4. The summed E-state index contributed by atoms with van der Waals surface area (Å²) in [6, 6.07) is 0. The third-order valence-corrected chi connectivity index (χ3v) is 14.6. The van der Waals surface area contributed by atoms with Crippen LogP contribution >= 0.6 is 7.26 Å². The highest BCUT2D eigenvalue weighted by atomic mass is 32.2. The van der Waals surface area contributed by atoms with Gasteiger partial charge in [0, 0.05) is 7.26 Å². The van der Waals surface area contributed by atoms with Crippen molar-refractivity contribution in [2.75, 3.05) is 37.9 Å². The van der Waals surface area contributed by atoms with E-state index in [9.17, 15) is 22.6 Å². The number of ether oxygens (including phenoxy) is 2. The molecular weight excluding hydrogens is 607 g/mol. The summed E-state index contributed by atoms with van der Waals surface area (Å²) in [6.45, 7) is 13.9. The second-order valence-corrected chi connectivity index (χ2v) is 18.9. The first-order valence-electron chi connectivity index (χ1n) is 18.7. The van der Waals surface area contributed by atoms with Crippen LogP contribution in [-0.2, 0) is 29.2 Å².